The standard InChI is InChI=1S/C29H24FN7O2/c1-32-28(38)19-9-6-16(13-21(19)30)17-7-10-23-22(14-17)34-27(20-5-4-12-33-26(20)31)37(23)18-8-11-24-25(15-18)36(3)29(39)35(24)2/h4-15H,1-3H3,(H2,31,33)(H,32,38). The van der Waals surface area contributed by atoms with Gasteiger partial charge >= 0.3 is 5.69 Å². The smallest absolute Gasteiger partial charge is 0.328 e. The molecule has 39 heavy (non-hydrogen) atoms. The van der Waals surface area contributed by atoms with Gasteiger partial charge in [0, 0.05) is 33.0 Å². The Labute approximate surface area is 222 Å². The number of hydrogen-bond donors (Lipinski definition) is 2. The number of anilines is 1. The Morgan fingerprint density at radius 1 is 0.923 bits per heavy atom. The molecule has 0 saturated heterocycles. The number of fused-ring (bicyclic) bond motifs is 2. The minimum Gasteiger partial charge on any atom is -0.383 e. The van der Waals surface area contributed by atoms with E-state index in [1.165, 1.54) is 19.2 Å². The number of hydrogen-bond acceptors (Lipinski definition) is 5. The van der Waals surface area contributed by atoms with E-state index in [1.807, 2.05) is 47.0 Å². The zero-order valence-electron chi connectivity index (χ0n) is 21.4. The first-order valence-corrected chi connectivity index (χ1v) is 12.2. The van der Waals surface area contributed by atoms with Gasteiger partial charge in [0.1, 0.15) is 17.5 Å². The fourth-order valence-electron chi connectivity index (χ4n) is 4.96. The number of nitrogens with one attached hydrogen (secondary N) is 1. The molecule has 0 bridgehead atoms. The summed E-state index contributed by atoms with van der Waals surface area (Å²) in [5, 5.41) is 2.44. The molecule has 0 unspecified atom stereocenters. The second-order valence-electron chi connectivity index (χ2n) is 9.26. The number of benzene rings is 3. The van der Waals surface area contributed by atoms with Crippen molar-refractivity contribution in [3.63, 3.8) is 0 Å². The molecule has 0 fully saturated rings. The maximum atomic E-state index is 14.7. The number of nitrogen functional groups attached to an aromatic ring is 1. The summed E-state index contributed by atoms with van der Waals surface area (Å²) in [5.41, 5.74) is 11.9. The number of nitrogens with zero attached hydrogens (tertiary/aromatic N) is 5. The molecule has 9 nitrogen and oxygen atoms in total. The number of imidazole rings is 2. The molecule has 1 amide bonds. The van der Waals surface area contributed by atoms with E-state index >= 15 is 0 Å². The molecule has 194 valence electrons. The van der Waals surface area contributed by atoms with Gasteiger partial charge in [0.2, 0.25) is 0 Å². The Hall–Kier alpha value is -5.25. The van der Waals surface area contributed by atoms with Gasteiger partial charge in [-0.05, 0) is 65.7 Å². The molecule has 6 aromatic rings. The van der Waals surface area contributed by atoms with Crippen molar-refractivity contribution < 1.29 is 9.18 Å². The van der Waals surface area contributed by atoms with Crippen molar-refractivity contribution in [2.45, 2.75) is 0 Å². The first-order chi connectivity index (χ1) is 18.8. The zero-order valence-corrected chi connectivity index (χ0v) is 21.4. The lowest BCUT2D eigenvalue weighted by Gasteiger charge is -2.11. The summed E-state index contributed by atoms with van der Waals surface area (Å²) in [6.07, 6.45) is 1.62. The molecule has 0 atom stereocenters. The summed E-state index contributed by atoms with van der Waals surface area (Å²) in [7, 11) is 4.94. The highest BCUT2D eigenvalue weighted by molar-refractivity contribution is 5.95. The fraction of sp³-hybridized carbons (Fsp3) is 0.103. The largest absolute Gasteiger partial charge is 0.383 e. The predicted molar refractivity (Wildman–Crippen MR) is 149 cm³/mol. The lowest BCUT2D eigenvalue weighted by Crippen LogP contribution is -2.19. The van der Waals surface area contributed by atoms with Crippen LogP contribution in [-0.2, 0) is 14.1 Å². The summed E-state index contributed by atoms with van der Waals surface area (Å²) >= 11 is 0. The number of halogens is 1. The van der Waals surface area contributed by atoms with Gasteiger partial charge in [-0.25, -0.2) is 19.2 Å². The van der Waals surface area contributed by atoms with E-state index in [1.54, 1.807) is 41.6 Å². The van der Waals surface area contributed by atoms with E-state index < -0.39 is 11.7 Å². The van der Waals surface area contributed by atoms with Gasteiger partial charge in [-0.15, -0.1) is 0 Å². The number of carbonyl (C=O) groups excluding carboxylic acids is 1. The summed E-state index contributed by atoms with van der Waals surface area (Å²) in [6, 6.07) is 19.6. The average molecular weight is 522 g/mol. The fourth-order valence-corrected chi connectivity index (χ4v) is 4.96. The van der Waals surface area contributed by atoms with Crippen LogP contribution in [0.3, 0.4) is 0 Å². The number of carbonyl (C=O) groups is 1. The number of nitrogens with two attached hydrogens (primary N) is 1. The molecule has 0 aliphatic rings. The van der Waals surface area contributed by atoms with Crippen LogP contribution in [0.2, 0.25) is 0 Å². The predicted octanol–water partition coefficient (Wildman–Crippen LogP) is 4.03. The SMILES string of the molecule is CNC(=O)c1ccc(-c2ccc3c(c2)nc(-c2cccnc2N)n3-c2ccc3c(c2)n(C)c(=O)n3C)cc1F. The number of pyridine rings is 1. The molecule has 3 heterocycles. The number of aryl methyl sites for hydroxylation is 2. The third kappa shape index (κ3) is 3.76. The quantitative estimate of drug-likeness (QED) is 0.364. The molecule has 3 aromatic heterocycles. The van der Waals surface area contributed by atoms with Gasteiger partial charge in [0.05, 0.1) is 33.2 Å². The van der Waals surface area contributed by atoms with Crippen molar-refractivity contribution in [2.24, 2.45) is 14.1 Å². The number of rotatable bonds is 4. The molecule has 0 spiro atoms. The topological polar surface area (TPSA) is 113 Å². The minimum atomic E-state index is -0.608. The molecule has 10 heteroatoms. The molecule has 0 aliphatic heterocycles. The summed E-state index contributed by atoms with van der Waals surface area (Å²) in [5.74, 6) is -0.189. The lowest BCUT2D eigenvalue weighted by molar-refractivity contribution is 0.0959. The van der Waals surface area contributed by atoms with Crippen LogP contribution in [0.1, 0.15) is 10.4 Å². The third-order valence-electron chi connectivity index (χ3n) is 7.02. The van der Waals surface area contributed by atoms with Crippen LogP contribution >= 0.6 is 0 Å². The molecule has 3 aromatic carbocycles. The Balaban J connectivity index is 1.58. The normalized spacial score (nSPS) is 11.4. The van der Waals surface area contributed by atoms with Crippen LogP contribution in [0.15, 0.2) is 77.7 Å². The van der Waals surface area contributed by atoms with E-state index in [-0.39, 0.29) is 11.3 Å². The zero-order chi connectivity index (χ0) is 27.4. The average Bonchev–Trinajstić information content (AvgIpc) is 3.43. The summed E-state index contributed by atoms with van der Waals surface area (Å²) in [6.45, 7) is 0. The maximum absolute atomic E-state index is 14.7. The second-order valence-corrected chi connectivity index (χ2v) is 9.26. The first kappa shape index (κ1) is 24.1. The van der Waals surface area contributed by atoms with Crippen molar-refractivity contribution in [2.75, 3.05) is 12.8 Å². The van der Waals surface area contributed by atoms with Crippen molar-refractivity contribution >= 4 is 33.8 Å². The van der Waals surface area contributed by atoms with Gasteiger partial charge in [-0.1, -0.05) is 12.1 Å². The van der Waals surface area contributed by atoms with Crippen LogP contribution in [0.25, 0.3) is 50.3 Å². The maximum Gasteiger partial charge on any atom is 0.328 e. The Morgan fingerprint density at radius 2 is 1.64 bits per heavy atom. The van der Waals surface area contributed by atoms with Crippen molar-refractivity contribution in [3.05, 3.63) is 94.8 Å². The monoisotopic (exact) mass is 521 g/mol. The highest BCUT2D eigenvalue weighted by Crippen LogP contribution is 2.34. The van der Waals surface area contributed by atoms with Gasteiger partial charge in [-0.2, -0.15) is 0 Å². The lowest BCUT2D eigenvalue weighted by atomic mass is 10.0. The second kappa shape index (κ2) is 8.95. The molecule has 3 N–H and O–H groups in total. The molecular formula is C29H24FN7O2. The van der Waals surface area contributed by atoms with Crippen LogP contribution < -0.4 is 16.7 Å². The third-order valence-corrected chi connectivity index (χ3v) is 7.02. The first-order valence-electron chi connectivity index (χ1n) is 12.2. The Kier molecular flexibility index (Phi) is 5.53. The van der Waals surface area contributed by atoms with Crippen LogP contribution in [-0.4, -0.2) is 36.6 Å². The molecular weight excluding hydrogens is 497 g/mol. The van der Waals surface area contributed by atoms with E-state index in [9.17, 15) is 14.0 Å². The Bertz CT molecular complexity index is 2000. The molecule has 0 radical (unpaired) electrons. The van der Waals surface area contributed by atoms with Crippen LogP contribution in [0.4, 0.5) is 10.2 Å². The number of amides is 1. The van der Waals surface area contributed by atoms with Gasteiger partial charge < -0.3 is 11.1 Å². The van der Waals surface area contributed by atoms with E-state index in [0.29, 0.717) is 28.3 Å². The number of aromatic nitrogens is 5. The summed E-state index contributed by atoms with van der Waals surface area (Å²) in [4.78, 5) is 33.6. The van der Waals surface area contributed by atoms with Gasteiger partial charge in [0.15, 0.2) is 0 Å². The van der Waals surface area contributed by atoms with E-state index in [0.717, 1.165) is 27.8 Å². The molecule has 0 saturated carbocycles. The van der Waals surface area contributed by atoms with Crippen molar-refractivity contribution in [1.29, 1.82) is 0 Å². The highest BCUT2D eigenvalue weighted by Gasteiger charge is 2.19. The van der Waals surface area contributed by atoms with Crippen molar-refractivity contribution in [3.8, 4) is 28.2 Å². The minimum absolute atomic E-state index is 0.0216. The molecule has 6 rings (SSSR count). The van der Waals surface area contributed by atoms with Gasteiger partial charge in [-0.3, -0.25) is 18.5 Å². The molecule has 0 aliphatic carbocycles. The van der Waals surface area contributed by atoms with Crippen LogP contribution in [0.5, 0.6) is 0 Å². The van der Waals surface area contributed by atoms with Crippen molar-refractivity contribution in [1.82, 2.24) is 29.0 Å². The highest BCUT2D eigenvalue weighted by atomic mass is 19.1. The summed E-state index contributed by atoms with van der Waals surface area (Å²) < 4.78 is 19.9. The van der Waals surface area contributed by atoms with E-state index in [2.05, 4.69) is 10.3 Å². The Morgan fingerprint density at radius 3 is 2.38 bits per heavy atom. The van der Waals surface area contributed by atoms with E-state index in [4.69, 9.17) is 10.7 Å². The van der Waals surface area contributed by atoms with Crippen LogP contribution in [0, 0.1) is 5.82 Å². The van der Waals surface area contributed by atoms with Gasteiger partial charge in [0.25, 0.3) is 5.91 Å².